The predicted molar refractivity (Wildman–Crippen MR) is 111 cm³/mol. The molecule has 2 atom stereocenters. The summed E-state index contributed by atoms with van der Waals surface area (Å²) in [5.41, 5.74) is 3.29. The molecule has 5 heteroatoms. The van der Waals surface area contributed by atoms with Gasteiger partial charge in [0.1, 0.15) is 6.04 Å². The van der Waals surface area contributed by atoms with E-state index in [-0.39, 0.29) is 12.1 Å². The van der Waals surface area contributed by atoms with E-state index in [0.29, 0.717) is 15.1 Å². The molecule has 0 amide bonds. The van der Waals surface area contributed by atoms with Crippen molar-refractivity contribution < 1.29 is 0 Å². The Hall–Kier alpha value is -2.00. The second-order valence-electron chi connectivity index (χ2n) is 6.14. The van der Waals surface area contributed by atoms with Crippen molar-refractivity contribution in [1.82, 2.24) is 0 Å². The molecule has 0 saturated heterocycles. The highest BCUT2D eigenvalue weighted by atomic mass is 35.5. The van der Waals surface area contributed by atoms with Crippen LogP contribution in [-0.2, 0) is 0 Å². The van der Waals surface area contributed by atoms with Gasteiger partial charge in [-0.05, 0) is 59.7 Å². The van der Waals surface area contributed by atoms with E-state index in [1.54, 1.807) is 0 Å². The van der Waals surface area contributed by atoms with Crippen LogP contribution in [0.4, 0.5) is 5.69 Å². The minimum absolute atomic E-state index is 0.0228. The molecule has 0 radical (unpaired) electrons. The summed E-state index contributed by atoms with van der Waals surface area (Å²) < 4.78 is 0. The highest BCUT2D eigenvalue weighted by molar-refractivity contribution is 6.31. The first-order chi connectivity index (χ1) is 12.6. The molecule has 1 heterocycles. The standard InChI is InChI=1S/C21H15Cl3N2/c22-16-5-1-14(2-6-16)20-21(15-3-7-17(23)8-4-15)26(13-25-20)19-11-9-18(24)10-12-19/h1-13,20-21H/t20-,21+/m1/s1. The molecule has 0 unspecified atom stereocenters. The Morgan fingerprint density at radius 1 is 0.615 bits per heavy atom. The molecule has 4 rings (SSSR count). The third-order valence-electron chi connectivity index (χ3n) is 4.50. The minimum Gasteiger partial charge on any atom is -0.323 e. The van der Waals surface area contributed by atoms with Crippen molar-refractivity contribution >= 4 is 46.8 Å². The number of halogens is 3. The topological polar surface area (TPSA) is 15.6 Å². The van der Waals surface area contributed by atoms with Crippen LogP contribution in [0.5, 0.6) is 0 Å². The van der Waals surface area contributed by atoms with Gasteiger partial charge in [-0.15, -0.1) is 0 Å². The number of benzene rings is 3. The first kappa shape index (κ1) is 17.4. The summed E-state index contributed by atoms with van der Waals surface area (Å²) in [6.45, 7) is 0. The smallest absolute Gasteiger partial charge is 0.102 e. The van der Waals surface area contributed by atoms with Crippen LogP contribution in [0.1, 0.15) is 23.2 Å². The number of hydrogen-bond acceptors (Lipinski definition) is 2. The molecule has 130 valence electrons. The minimum atomic E-state index is -0.0379. The van der Waals surface area contributed by atoms with Crippen LogP contribution in [0.3, 0.4) is 0 Å². The van der Waals surface area contributed by atoms with Crippen LogP contribution in [0, 0.1) is 0 Å². The second kappa shape index (κ2) is 7.32. The Bertz CT molecular complexity index is 863. The third kappa shape index (κ3) is 3.45. The maximum absolute atomic E-state index is 6.09. The van der Waals surface area contributed by atoms with Gasteiger partial charge in [0.05, 0.1) is 12.4 Å². The lowest BCUT2D eigenvalue weighted by Crippen LogP contribution is -2.25. The Balaban J connectivity index is 1.77. The quantitative estimate of drug-likeness (QED) is 0.462. The van der Waals surface area contributed by atoms with Gasteiger partial charge in [0.25, 0.3) is 0 Å². The number of rotatable bonds is 3. The zero-order chi connectivity index (χ0) is 18.1. The molecular weight excluding hydrogens is 387 g/mol. The van der Waals surface area contributed by atoms with Crippen LogP contribution >= 0.6 is 34.8 Å². The van der Waals surface area contributed by atoms with E-state index in [1.807, 2.05) is 79.1 Å². The molecule has 3 aromatic carbocycles. The number of anilines is 1. The molecule has 0 spiro atoms. The third-order valence-corrected chi connectivity index (χ3v) is 5.25. The summed E-state index contributed by atoms with van der Waals surface area (Å²) in [6, 6.07) is 23.5. The van der Waals surface area contributed by atoms with E-state index in [2.05, 4.69) is 4.90 Å². The first-order valence-corrected chi connectivity index (χ1v) is 9.33. The second-order valence-corrected chi connectivity index (χ2v) is 7.45. The van der Waals surface area contributed by atoms with E-state index in [9.17, 15) is 0 Å². The van der Waals surface area contributed by atoms with Crippen molar-refractivity contribution in [2.75, 3.05) is 4.90 Å². The zero-order valence-electron chi connectivity index (χ0n) is 13.7. The molecule has 1 aliphatic rings. The van der Waals surface area contributed by atoms with E-state index >= 15 is 0 Å². The van der Waals surface area contributed by atoms with E-state index < -0.39 is 0 Å². The molecule has 0 bridgehead atoms. The monoisotopic (exact) mass is 400 g/mol. The zero-order valence-corrected chi connectivity index (χ0v) is 16.0. The lowest BCUT2D eigenvalue weighted by molar-refractivity contribution is 0.612. The van der Waals surface area contributed by atoms with Crippen LogP contribution in [0.2, 0.25) is 15.1 Å². The Labute approximate surface area is 167 Å². The Kier molecular flexibility index (Phi) is 4.90. The van der Waals surface area contributed by atoms with Gasteiger partial charge < -0.3 is 4.90 Å². The van der Waals surface area contributed by atoms with Crippen molar-refractivity contribution in [3.8, 4) is 0 Å². The van der Waals surface area contributed by atoms with Crippen LogP contribution < -0.4 is 4.90 Å². The van der Waals surface area contributed by atoms with Gasteiger partial charge in [-0.25, -0.2) is 0 Å². The van der Waals surface area contributed by atoms with E-state index in [0.717, 1.165) is 16.8 Å². The molecule has 0 aromatic heterocycles. The fraction of sp³-hybridized carbons (Fsp3) is 0.0952. The molecule has 26 heavy (non-hydrogen) atoms. The largest absolute Gasteiger partial charge is 0.323 e. The average Bonchev–Trinajstić information content (AvgIpc) is 3.08. The van der Waals surface area contributed by atoms with Gasteiger partial charge in [0, 0.05) is 20.8 Å². The highest BCUT2D eigenvalue weighted by Crippen LogP contribution is 2.43. The lowest BCUT2D eigenvalue weighted by atomic mass is 9.93. The molecule has 0 N–H and O–H groups in total. The van der Waals surface area contributed by atoms with Crippen molar-refractivity contribution in [3.63, 3.8) is 0 Å². The maximum atomic E-state index is 6.09. The fourth-order valence-electron chi connectivity index (χ4n) is 3.22. The molecular formula is C21H15Cl3N2. The van der Waals surface area contributed by atoms with Gasteiger partial charge in [-0.2, -0.15) is 0 Å². The van der Waals surface area contributed by atoms with Crippen molar-refractivity contribution in [3.05, 3.63) is 99.0 Å². The first-order valence-electron chi connectivity index (χ1n) is 8.20. The molecule has 2 nitrogen and oxygen atoms in total. The predicted octanol–water partition coefficient (Wildman–Crippen LogP) is 6.98. The van der Waals surface area contributed by atoms with Gasteiger partial charge in [-0.3, -0.25) is 4.99 Å². The summed E-state index contributed by atoms with van der Waals surface area (Å²) in [7, 11) is 0. The van der Waals surface area contributed by atoms with Crippen LogP contribution in [0.25, 0.3) is 0 Å². The Morgan fingerprint density at radius 2 is 1.08 bits per heavy atom. The molecule has 1 aliphatic heterocycles. The molecule has 0 saturated carbocycles. The van der Waals surface area contributed by atoms with E-state index in [1.165, 1.54) is 0 Å². The maximum Gasteiger partial charge on any atom is 0.102 e. The lowest BCUT2D eigenvalue weighted by Gasteiger charge is -2.29. The summed E-state index contributed by atoms with van der Waals surface area (Å²) >= 11 is 18.2. The summed E-state index contributed by atoms with van der Waals surface area (Å²) in [5, 5.41) is 2.14. The number of aliphatic imine (C=N–C) groups is 1. The van der Waals surface area contributed by atoms with Gasteiger partial charge in [-0.1, -0.05) is 59.1 Å². The molecule has 0 aliphatic carbocycles. The normalized spacial score (nSPS) is 19.1. The molecule has 3 aromatic rings. The summed E-state index contributed by atoms with van der Waals surface area (Å²) in [6.07, 6.45) is 1.89. The van der Waals surface area contributed by atoms with Crippen LogP contribution in [0.15, 0.2) is 77.8 Å². The average molecular weight is 402 g/mol. The molecule has 0 fully saturated rings. The van der Waals surface area contributed by atoms with Gasteiger partial charge in [0.2, 0.25) is 0 Å². The highest BCUT2D eigenvalue weighted by Gasteiger charge is 2.34. The number of hydrogen-bond donors (Lipinski definition) is 0. The number of nitrogens with zero attached hydrogens (tertiary/aromatic N) is 2. The summed E-state index contributed by atoms with van der Waals surface area (Å²) in [4.78, 5) is 6.95. The van der Waals surface area contributed by atoms with Gasteiger partial charge >= 0.3 is 0 Å². The van der Waals surface area contributed by atoms with Crippen LogP contribution in [-0.4, -0.2) is 6.34 Å². The Morgan fingerprint density at radius 3 is 1.62 bits per heavy atom. The SMILES string of the molecule is Clc1ccc([C@H]2N=CN(c3ccc(Cl)cc3)[C@H]2c2ccc(Cl)cc2)cc1. The van der Waals surface area contributed by atoms with Crippen molar-refractivity contribution in [2.24, 2.45) is 4.99 Å². The summed E-state index contributed by atoms with van der Waals surface area (Å²) in [5.74, 6) is 0. The fourth-order valence-corrected chi connectivity index (χ4v) is 3.60. The van der Waals surface area contributed by atoms with Crippen molar-refractivity contribution in [1.29, 1.82) is 0 Å². The van der Waals surface area contributed by atoms with Gasteiger partial charge in [0.15, 0.2) is 0 Å². The van der Waals surface area contributed by atoms with Crippen molar-refractivity contribution in [2.45, 2.75) is 12.1 Å². The van der Waals surface area contributed by atoms with E-state index in [4.69, 9.17) is 39.8 Å².